The van der Waals surface area contributed by atoms with Crippen LogP contribution in [0.5, 0.6) is 0 Å². The summed E-state index contributed by atoms with van der Waals surface area (Å²) in [5.41, 5.74) is 1.79. The molecule has 0 unspecified atom stereocenters. The summed E-state index contributed by atoms with van der Waals surface area (Å²) in [6, 6.07) is 5.96. The second-order valence-corrected chi connectivity index (χ2v) is 6.28. The van der Waals surface area contributed by atoms with Gasteiger partial charge in [0.05, 0.1) is 0 Å². The Morgan fingerprint density at radius 3 is 3.08 bits per heavy atom. The number of rotatable bonds is 5. The van der Waals surface area contributed by atoms with Crippen LogP contribution in [-0.2, 0) is 6.54 Å². The number of carbonyl (C=O) groups is 1. The molecule has 128 valence electrons. The minimum absolute atomic E-state index is 0.0393. The number of hydrogen-bond donors (Lipinski definition) is 1. The van der Waals surface area contributed by atoms with Gasteiger partial charge >= 0.3 is 0 Å². The van der Waals surface area contributed by atoms with E-state index < -0.39 is 0 Å². The normalized spacial score (nSPS) is 17.8. The van der Waals surface area contributed by atoms with Crippen molar-refractivity contribution in [1.82, 2.24) is 19.7 Å². The van der Waals surface area contributed by atoms with E-state index in [1.807, 2.05) is 35.1 Å². The molecule has 24 heavy (non-hydrogen) atoms. The fraction of sp³-hybridized carbons (Fsp3) is 0.500. The summed E-state index contributed by atoms with van der Waals surface area (Å²) in [6.45, 7) is 4.50. The Kier molecular flexibility index (Phi) is 5.13. The van der Waals surface area contributed by atoms with E-state index in [0.29, 0.717) is 11.6 Å². The number of anilines is 1. The number of carbonyl (C=O) groups excluding carboxylic acids is 1. The van der Waals surface area contributed by atoms with E-state index in [-0.39, 0.29) is 5.91 Å². The molecule has 1 saturated heterocycles. The van der Waals surface area contributed by atoms with Crippen LogP contribution >= 0.6 is 0 Å². The summed E-state index contributed by atoms with van der Waals surface area (Å²) >= 11 is 0. The van der Waals surface area contributed by atoms with Crippen molar-refractivity contribution in [2.24, 2.45) is 0 Å². The molecule has 3 heterocycles. The third kappa shape index (κ3) is 3.58. The van der Waals surface area contributed by atoms with E-state index in [2.05, 4.69) is 34.5 Å². The topological polar surface area (TPSA) is 63.1 Å². The minimum atomic E-state index is 0.0393. The highest BCUT2D eigenvalue weighted by molar-refractivity contribution is 5.92. The monoisotopic (exact) mass is 327 g/mol. The number of amides is 1. The van der Waals surface area contributed by atoms with Crippen LogP contribution in [0.25, 0.3) is 0 Å². The van der Waals surface area contributed by atoms with E-state index in [0.717, 1.165) is 44.7 Å². The summed E-state index contributed by atoms with van der Waals surface area (Å²) in [5.74, 6) is 1.27. The number of piperidine rings is 1. The minimum Gasteiger partial charge on any atom is -0.373 e. The zero-order chi connectivity index (χ0) is 16.9. The van der Waals surface area contributed by atoms with Crippen LogP contribution in [0.2, 0.25) is 0 Å². The van der Waals surface area contributed by atoms with E-state index in [9.17, 15) is 4.79 Å². The molecule has 0 aliphatic carbocycles. The van der Waals surface area contributed by atoms with Crippen LogP contribution in [0.15, 0.2) is 30.6 Å². The Hall–Kier alpha value is -2.37. The Morgan fingerprint density at radius 1 is 1.42 bits per heavy atom. The van der Waals surface area contributed by atoms with Crippen molar-refractivity contribution in [3.8, 4) is 0 Å². The third-order valence-electron chi connectivity index (χ3n) is 4.53. The molecule has 3 rings (SSSR count). The largest absolute Gasteiger partial charge is 0.373 e. The van der Waals surface area contributed by atoms with Crippen LogP contribution < -0.4 is 5.32 Å². The number of nitrogens with zero attached hydrogens (tertiary/aromatic N) is 4. The summed E-state index contributed by atoms with van der Waals surface area (Å²) in [4.78, 5) is 18.9. The number of hydrogen-bond acceptors (Lipinski definition) is 4. The quantitative estimate of drug-likeness (QED) is 0.917. The third-order valence-corrected chi connectivity index (χ3v) is 4.53. The van der Waals surface area contributed by atoms with Crippen LogP contribution in [0, 0.1) is 0 Å². The molecule has 1 N–H and O–H groups in total. The van der Waals surface area contributed by atoms with Gasteiger partial charge in [-0.2, -0.15) is 5.10 Å². The number of nitrogens with one attached hydrogen (secondary N) is 1. The molecule has 0 radical (unpaired) electrons. The van der Waals surface area contributed by atoms with Crippen LogP contribution in [-0.4, -0.2) is 45.7 Å². The summed E-state index contributed by atoms with van der Waals surface area (Å²) < 4.78 is 1.84. The van der Waals surface area contributed by atoms with Crippen molar-refractivity contribution in [2.45, 2.75) is 38.6 Å². The standard InChI is InChI=1S/C18H25N5O/c1-3-9-23-11-7-16(21-23)18(24)22-10-4-5-15(13-22)14-6-8-20-17(12-14)19-2/h6-8,11-12,15H,3-5,9-10,13H2,1-2H3,(H,19,20)/t15-/m1/s1. The lowest BCUT2D eigenvalue weighted by Gasteiger charge is -2.32. The highest BCUT2D eigenvalue weighted by Gasteiger charge is 2.26. The molecule has 0 saturated carbocycles. The van der Waals surface area contributed by atoms with Crippen molar-refractivity contribution in [3.05, 3.63) is 41.9 Å². The molecule has 1 atom stereocenters. The number of aryl methyl sites for hydroxylation is 1. The van der Waals surface area contributed by atoms with Crippen LogP contribution in [0.4, 0.5) is 5.82 Å². The fourth-order valence-corrected chi connectivity index (χ4v) is 3.26. The molecule has 0 spiro atoms. The van der Waals surface area contributed by atoms with Gasteiger partial charge in [-0.15, -0.1) is 0 Å². The molecular weight excluding hydrogens is 302 g/mol. The first-order chi connectivity index (χ1) is 11.7. The van der Waals surface area contributed by atoms with Crippen molar-refractivity contribution < 1.29 is 4.79 Å². The van der Waals surface area contributed by atoms with Crippen molar-refractivity contribution >= 4 is 11.7 Å². The Morgan fingerprint density at radius 2 is 2.29 bits per heavy atom. The van der Waals surface area contributed by atoms with Crippen molar-refractivity contribution in [2.75, 3.05) is 25.5 Å². The van der Waals surface area contributed by atoms with Gasteiger partial charge < -0.3 is 10.2 Å². The van der Waals surface area contributed by atoms with Crippen molar-refractivity contribution in [3.63, 3.8) is 0 Å². The molecule has 0 aromatic carbocycles. The van der Waals surface area contributed by atoms with Crippen LogP contribution in [0.3, 0.4) is 0 Å². The zero-order valence-electron chi connectivity index (χ0n) is 14.4. The molecule has 1 fully saturated rings. The van der Waals surface area contributed by atoms with Gasteiger partial charge in [-0.1, -0.05) is 6.92 Å². The van der Waals surface area contributed by atoms with E-state index >= 15 is 0 Å². The average molecular weight is 327 g/mol. The maximum absolute atomic E-state index is 12.7. The number of likely N-dealkylation sites (tertiary alicyclic amines) is 1. The van der Waals surface area contributed by atoms with Gasteiger partial charge in [0.1, 0.15) is 11.5 Å². The molecule has 1 amide bonds. The Balaban J connectivity index is 1.71. The predicted octanol–water partition coefficient (Wildman–Crippen LogP) is 2.75. The van der Waals surface area contributed by atoms with Gasteiger partial charge in [-0.05, 0) is 43.0 Å². The predicted molar refractivity (Wildman–Crippen MR) is 94.2 cm³/mol. The molecule has 6 nitrogen and oxygen atoms in total. The lowest BCUT2D eigenvalue weighted by molar-refractivity contribution is 0.0700. The van der Waals surface area contributed by atoms with E-state index in [1.54, 1.807) is 0 Å². The van der Waals surface area contributed by atoms with Gasteiger partial charge in [0, 0.05) is 45.0 Å². The lowest BCUT2D eigenvalue weighted by atomic mass is 9.91. The van der Waals surface area contributed by atoms with Crippen molar-refractivity contribution in [1.29, 1.82) is 0 Å². The molecular formula is C18H25N5O. The SMILES string of the molecule is CCCn1ccc(C(=O)N2CCC[C@@H](c3ccnc(NC)c3)C2)n1. The van der Waals surface area contributed by atoms with Gasteiger partial charge in [-0.25, -0.2) is 4.98 Å². The van der Waals surface area contributed by atoms with Crippen LogP contribution in [0.1, 0.15) is 48.2 Å². The van der Waals surface area contributed by atoms with E-state index in [4.69, 9.17) is 0 Å². The molecule has 0 bridgehead atoms. The Labute approximate surface area is 142 Å². The molecule has 2 aromatic rings. The number of aromatic nitrogens is 3. The van der Waals surface area contributed by atoms with Gasteiger partial charge in [-0.3, -0.25) is 9.48 Å². The second kappa shape index (κ2) is 7.47. The highest BCUT2D eigenvalue weighted by Crippen LogP contribution is 2.28. The first-order valence-electron chi connectivity index (χ1n) is 8.67. The van der Waals surface area contributed by atoms with E-state index in [1.165, 1.54) is 5.56 Å². The van der Waals surface area contributed by atoms with Gasteiger partial charge in [0.25, 0.3) is 5.91 Å². The van der Waals surface area contributed by atoms with Gasteiger partial charge in [0.15, 0.2) is 0 Å². The molecule has 2 aromatic heterocycles. The number of pyridine rings is 1. The second-order valence-electron chi connectivity index (χ2n) is 6.28. The molecule has 1 aliphatic heterocycles. The Bertz CT molecular complexity index is 696. The molecule has 1 aliphatic rings. The maximum Gasteiger partial charge on any atom is 0.274 e. The summed E-state index contributed by atoms with van der Waals surface area (Å²) in [6.07, 6.45) is 6.84. The fourth-order valence-electron chi connectivity index (χ4n) is 3.26. The smallest absolute Gasteiger partial charge is 0.274 e. The summed E-state index contributed by atoms with van der Waals surface area (Å²) in [5, 5.41) is 7.48. The zero-order valence-corrected chi connectivity index (χ0v) is 14.4. The first-order valence-corrected chi connectivity index (χ1v) is 8.67. The average Bonchev–Trinajstić information content (AvgIpc) is 3.10. The maximum atomic E-state index is 12.7. The summed E-state index contributed by atoms with van der Waals surface area (Å²) in [7, 11) is 1.87. The first kappa shape index (κ1) is 16.5. The lowest BCUT2D eigenvalue weighted by Crippen LogP contribution is -2.39. The van der Waals surface area contributed by atoms with Gasteiger partial charge in [0.2, 0.25) is 0 Å². The highest BCUT2D eigenvalue weighted by atomic mass is 16.2. The molecule has 6 heteroatoms.